The summed E-state index contributed by atoms with van der Waals surface area (Å²) in [5.41, 5.74) is 2.81. The molecule has 4 N–H and O–H groups in total. The summed E-state index contributed by atoms with van der Waals surface area (Å²) in [7, 11) is 7.55. The van der Waals surface area contributed by atoms with Gasteiger partial charge in [-0.25, -0.2) is 19.6 Å². The van der Waals surface area contributed by atoms with Crippen LogP contribution in [0.2, 0.25) is 0 Å². The topological polar surface area (TPSA) is 276 Å². The summed E-state index contributed by atoms with van der Waals surface area (Å²) in [4.78, 5) is 157. The lowest BCUT2D eigenvalue weighted by molar-refractivity contribution is -0.160. The number of hydrogen-bond donors (Lipinski definition) is 4. The quantitative estimate of drug-likeness (QED) is 0.159. The van der Waals surface area contributed by atoms with Crippen LogP contribution in [0.3, 0.4) is 0 Å². The number of carbonyl (C=O) groups excluding carboxylic acids is 10. The van der Waals surface area contributed by atoms with Crippen molar-refractivity contribution in [3.8, 4) is 0 Å². The highest BCUT2D eigenvalue weighted by molar-refractivity contribution is 8.76. The zero-order chi connectivity index (χ0) is 57.4. The third kappa shape index (κ3) is 14.0. The molecule has 2 fully saturated rings. The van der Waals surface area contributed by atoms with Gasteiger partial charge in [0.15, 0.2) is 0 Å². The molecule has 8 amide bonds. The first-order valence-corrected chi connectivity index (χ1v) is 27.9. The van der Waals surface area contributed by atoms with Gasteiger partial charge in [-0.3, -0.25) is 38.4 Å². The summed E-state index contributed by atoms with van der Waals surface area (Å²) < 4.78 is 11.5. The van der Waals surface area contributed by atoms with Gasteiger partial charge in [0, 0.05) is 50.5 Å². The van der Waals surface area contributed by atoms with E-state index in [0.717, 1.165) is 63.1 Å². The van der Waals surface area contributed by atoms with Gasteiger partial charge in [-0.15, -0.1) is 0 Å². The van der Waals surface area contributed by atoms with Crippen LogP contribution in [0.5, 0.6) is 0 Å². The summed E-state index contributed by atoms with van der Waals surface area (Å²) in [6.07, 6.45) is 0. The van der Waals surface area contributed by atoms with Crippen molar-refractivity contribution < 1.29 is 57.4 Å². The maximum atomic E-state index is 14.9. The summed E-state index contributed by atoms with van der Waals surface area (Å²) in [5.74, 6) is -9.94. The number of fused-ring (bicyclic) bond motifs is 7. The van der Waals surface area contributed by atoms with E-state index >= 15 is 0 Å². The van der Waals surface area contributed by atoms with E-state index in [1.165, 1.54) is 54.2 Å². The first kappa shape index (κ1) is 59.9. The van der Waals surface area contributed by atoms with Gasteiger partial charge in [0.1, 0.15) is 72.9 Å². The molecule has 0 saturated carbocycles. The number of aromatic nitrogens is 2. The number of carbonyl (C=O) groups is 10. The summed E-state index contributed by atoms with van der Waals surface area (Å²) in [6, 6.07) is 5.91. The SMILES string of the molecule is Cc1ccc2nc(C(=O)NC3COC(=O)C(C(C)C)N(C)C(=O)C4CSSCC(C(=O)N(C)C(C(C)C)C(=O)OCC(NC(=O)c5ccc6cc(C)ccc6n5)C(=O)NC(C)C(=O)N4C)N(C)C(=O)C(C)NC3=O)ccc2c1. The Balaban J connectivity index is 1.39. The minimum atomic E-state index is -1.63. The molecule has 4 heterocycles. The first-order valence-electron chi connectivity index (χ1n) is 25.4. The van der Waals surface area contributed by atoms with Crippen LogP contribution in [0.15, 0.2) is 60.7 Å². The number of rotatable bonds is 6. The number of esters is 2. The van der Waals surface area contributed by atoms with Crippen LogP contribution in [0.4, 0.5) is 0 Å². The fraction of sp³-hybridized carbons (Fsp3) is 0.481. The van der Waals surface area contributed by atoms with E-state index in [9.17, 15) is 47.9 Å². The predicted octanol–water partition coefficient (Wildman–Crippen LogP) is 2.42. The van der Waals surface area contributed by atoms with E-state index in [0.29, 0.717) is 11.0 Å². The molecule has 2 aliphatic rings. The fourth-order valence-electron chi connectivity index (χ4n) is 9.17. The van der Waals surface area contributed by atoms with Gasteiger partial charge in [0.25, 0.3) is 11.8 Å². The number of hydrogen-bond acceptors (Lipinski definition) is 16. The van der Waals surface area contributed by atoms with Crippen molar-refractivity contribution in [3.05, 3.63) is 83.2 Å². The zero-order valence-electron chi connectivity index (χ0n) is 45.8. The predicted molar refractivity (Wildman–Crippen MR) is 293 cm³/mol. The van der Waals surface area contributed by atoms with Gasteiger partial charge >= 0.3 is 11.9 Å². The Kier molecular flexibility index (Phi) is 19.9. The number of nitrogens with one attached hydrogen (secondary N) is 4. The molecule has 22 nitrogen and oxygen atoms in total. The molecule has 2 saturated heterocycles. The third-order valence-corrected chi connectivity index (χ3v) is 16.0. The molecule has 8 atom stereocenters. The molecule has 78 heavy (non-hydrogen) atoms. The van der Waals surface area contributed by atoms with Gasteiger partial charge in [0.2, 0.25) is 35.4 Å². The first-order chi connectivity index (χ1) is 36.8. The molecule has 0 radical (unpaired) electrons. The second-order valence-electron chi connectivity index (χ2n) is 20.3. The standard InChI is InChI=1S/C54H68N10O12S2/c1-27(2)43-53(73)75-23-39(59-45(65)37-19-15-33-21-29(5)13-17-35(33)57-37)47(67)55-32(8)50(70)62(10)42-26-78-77-25-41(51(71)63(43)11)61(9)49(69)31(7)56-48(68)40(24-76-54(74)44(28(3)4)64(12)52(42)72)60-46(66)38-20-16-34-22-30(6)14-18-36(34)58-38/h13-22,27-28,31-32,39-44H,23-26H2,1-12H3,(H,55,67)(H,56,68)(H,59,65)(H,60,66). The largest absolute Gasteiger partial charge is 0.461 e. The third-order valence-electron chi connectivity index (χ3n) is 13.7. The van der Waals surface area contributed by atoms with Gasteiger partial charge in [-0.2, -0.15) is 0 Å². The van der Waals surface area contributed by atoms with Gasteiger partial charge in [-0.1, -0.05) is 84.7 Å². The fourth-order valence-corrected chi connectivity index (χ4v) is 11.7. The second kappa shape index (κ2) is 25.9. The van der Waals surface area contributed by atoms with Crippen molar-refractivity contribution in [2.75, 3.05) is 52.9 Å². The van der Waals surface area contributed by atoms with Crippen molar-refractivity contribution in [1.82, 2.24) is 50.8 Å². The van der Waals surface area contributed by atoms with Crippen LogP contribution < -0.4 is 21.3 Å². The van der Waals surface area contributed by atoms with Crippen molar-refractivity contribution in [2.45, 2.75) is 104 Å². The van der Waals surface area contributed by atoms with Crippen molar-refractivity contribution >= 4 is 103 Å². The Labute approximate surface area is 460 Å². The number of pyridine rings is 2. The van der Waals surface area contributed by atoms with Gasteiger partial charge in [0.05, 0.1) is 11.0 Å². The molecule has 6 rings (SSSR count). The van der Waals surface area contributed by atoms with E-state index in [4.69, 9.17) is 9.47 Å². The lowest BCUT2D eigenvalue weighted by atomic mass is 10.0. The highest BCUT2D eigenvalue weighted by Gasteiger charge is 2.42. The molecular formula is C54H68N10O12S2. The average molecular weight is 1110 g/mol. The molecule has 0 aliphatic carbocycles. The van der Waals surface area contributed by atoms with Gasteiger partial charge < -0.3 is 50.3 Å². The minimum Gasteiger partial charge on any atom is -0.461 e. The lowest BCUT2D eigenvalue weighted by Gasteiger charge is -2.37. The van der Waals surface area contributed by atoms with Crippen LogP contribution in [-0.4, -0.2) is 190 Å². The molecule has 4 aromatic rings. The summed E-state index contributed by atoms with van der Waals surface area (Å²) >= 11 is 0. The number of amides is 8. The Hall–Kier alpha value is -7.34. The molecule has 0 spiro atoms. The number of ether oxygens (including phenoxy) is 2. The molecule has 418 valence electrons. The van der Waals surface area contributed by atoms with Crippen molar-refractivity contribution in [1.29, 1.82) is 0 Å². The van der Waals surface area contributed by atoms with E-state index in [1.807, 2.05) is 38.1 Å². The van der Waals surface area contributed by atoms with Crippen LogP contribution in [0.1, 0.15) is 73.6 Å². The Bertz CT molecular complexity index is 2800. The maximum Gasteiger partial charge on any atom is 0.329 e. The summed E-state index contributed by atoms with van der Waals surface area (Å²) in [5, 5.41) is 11.9. The molecule has 2 aromatic carbocycles. The Morgan fingerprint density at radius 2 is 0.910 bits per heavy atom. The molecule has 2 aliphatic heterocycles. The summed E-state index contributed by atoms with van der Waals surface area (Å²) in [6.45, 7) is 11.7. The smallest absolute Gasteiger partial charge is 0.329 e. The number of aryl methyl sites for hydroxylation is 2. The number of nitrogens with zero attached hydrogens (tertiary/aromatic N) is 6. The van der Waals surface area contributed by atoms with Crippen LogP contribution >= 0.6 is 21.6 Å². The highest BCUT2D eigenvalue weighted by atomic mass is 33.1. The normalized spacial score (nSPS) is 24.4. The number of likely N-dealkylation sites (N-methyl/N-ethyl adjacent to an activating group) is 4. The molecule has 8 unspecified atom stereocenters. The van der Waals surface area contributed by atoms with Crippen LogP contribution in [0, 0.1) is 25.7 Å². The number of benzene rings is 2. The molecule has 2 aromatic heterocycles. The Morgan fingerprint density at radius 3 is 1.26 bits per heavy atom. The van der Waals surface area contributed by atoms with Crippen molar-refractivity contribution in [2.24, 2.45) is 11.8 Å². The molecule has 2 bridgehead atoms. The number of cyclic esters (lactones) is 2. The maximum absolute atomic E-state index is 14.9. The molecular weight excluding hydrogens is 1040 g/mol. The van der Waals surface area contributed by atoms with Crippen molar-refractivity contribution in [3.63, 3.8) is 0 Å². The van der Waals surface area contributed by atoms with E-state index in [1.54, 1.807) is 52.0 Å². The van der Waals surface area contributed by atoms with Crippen LogP contribution in [0.25, 0.3) is 21.8 Å². The second-order valence-corrected chi connectivity index (χ2v) is 22.9. The van der Waals surface area contributed by atoms with Gasteiger partial charge in [-0.05, 0) is 75.9 Å². The average Bonchev–Trinajstić information content (AvgIpc) is 3.41. The van der Waals surface area contributed by atoms with E-state index in [-0.39, 0.29) is 22.9 Å². The molecule has 24 heteroatoms. The zero-order valence-corrected chi connectivity index (χ0v) is 47.4. The Morgan fingerprint density at radius 1 is 0.551 bits per heavy atom. The van der Waals surface area contributed by atoms with E-state index in [2.05, 4.69) is 31.2 Å². The van der Waals surface area contributed by atoms with Crippen LogP contribution in [-0.2, 0) is 47.8 Å². The highest BCUT2D eigenvalue weighted by Crippen LogP contribution is 2.29. The van der Waals surface area contributed by atoms with E-state index < -0.39 is 133 Å². The minimum absolute atomic E-state index is 0.0654. The lowest BCUT2D eigenvalue weighted by Crippen LogP contribution is -2.60. The monoisotopic (exact) mass is 1110 g/mol.